The van der Waals surface area contributed by atoms with Crippen molar-refractivity contribution >= 4 is 24.7 Å². The summed E-state index contributed by atoms with van der Waals surface area (Å²) >= 11 is 0. The van der Waals surface area contributed by atoms with Crippen molar-refractivity contribution in [2.45, 2.75) is 25.5 Å². The lowest BCUT2D eigenvalue weighted by atomic mass is 10.0. The van der Waals surface area contributed by atoms with Crippen LogP contribution in [0.1, 0.15) is 19.4 Å². The van der Waals surface area contributed by atoms with E-state index in [0.29, 0.717) is 24.8 Å². The van der Waals surface area contributed by atoms with Crippen LogP contribution in [-0.2, 0) is 13.6 Å². The van der Waals surface area contributed by atoms with Gasteiger partial charge in [-0.25, -0.2) is 4.98 Å². The summed E-state index contributed by atoms with van der Waals surface area (Å²) in [5.74, 6) is -0.00855. The van der Waals surface area contributed by atoms with Crippen molar-refractivity contribution < 1.29 is 13.6 Å². The van der Waals surface area contributed by atoms with Crippen molar-refractivity contribution in [1.82, 2.24) is 19.5 Å². The molecule has 128 valence electrons. The molecule has 4 atom stereocenters. The largest absolute Gasteiger partial charge is 0.369 e. The summed E-state index contributed by atoms with van der Waals surface area (Å²) in [6.07, 6.45) is 2.25. The maximum absolute atomic E-state index is 12.4. The van der Waals surface area contributed by atoms with Crippen LogP contribution in [0.5, 0.6) is 0 Å². The molecule has 10 heteroatoms. The van der Waals surface area contributed by atoms with Crippen molar-refractivity contribution in [3.63, 3.8) is 0 Å². The molecule has 2 aromatic heterocycles. The van der Waals surface area contributed by atoms with E-state index in [9.17, 15) is 9.36 Å². The van der Waals surface area contributed by atoms with E-state index in [1.54, 1.807) is 17.8 Å². The fraction of sp³-hybridized carbons (Fsp3) is 0.500. The SMILES string of the molecule is C=C1[C@H]2COP(=O)(CC)O[C@H]2C[C@@H]1n1cnc2c(=O)[nH]c(N)nc21. The summed E-state index contributed by atoms with van der Waals surface area (Å²) in [5.41, 5.74) is 6.78. The van der Waals surface area contributed by atoms with Gasteiger partial charge < -0.3 is 19.3 Å². The number of anilines is 1. The monoisotopic (exact) mass is 351 g/mol. The molecule has 4 rings (SSSR count). The number of rotatable bonds is 2. The van der Waals surface area contributed by atoms with Crippen molar-refractivity contribution in [2.75, 3.05) is 18.5 Å². The molecule has 3 N–H and O–H groups in total. The molecular weight excluding hydrogens is 333 g/mol. The Labute approximate surface area is 137 Å². The number of H-pyrrole nitrogens is 1. The highest BCUT2D eigenvalue weighted by Crippen LogP contribution is 2.58. The molecule has 1 unspecified atom stereocenters. The number of nitrogens with zero attached hydrogens (tertiary/aromatic N) is 3. The Morgan fingerprint density at radius 2 is 2.38 bits per heavy atom. The summed E-state index contributed by atoms with van der Waals surface area (Å²) in [6.45, 7) is 6.27. The number of nitrogen functional groups attached to an aromatic ring is 1. The number of aromatic amines is 1. The third kappa shape index (κ3) is 2.23. The molecule has 0 radical (unpaired) electrons. The van der Waals surface area contributed by atoms with Crippen LogP contribution in [-0.4, -0.2) is 38.4 Å². The normalized spacial score (nSPS) is 33.0. The third-order valence-corrected chi connectivity index (χ3v) is 6.64. The predicted molar refractivity (Wildman–Crippen MR) is 87.8 cm³/mol. The molecule has 1 aliphatic carbocycles. The lowest BCUT2D eigenvalue weighted by Crippen LogP contribution is -2.28. The van der Waals surface area contributed by atoms with Gasteiger partial charge in [0.15, 0.2) is 11.2 Å². The maximum Gasteiger partial charge on any atom is 0.330 e. The van der Waals surface area contributed by atoms with Crippen LogP contribution in [0.15, 0.2) is 23.3 Å². The van der Waals surface area contributed by atoms with Crippen LogP contribution in [0.2, 0.25) is 0 Å². The second-order valence-corrected chi connectivity index (χ2v) is 8.40. The van der Waals surface area contributed by atoms with Crippen molar-refractivity contribution in [2.24, 2.45) is 5.92 Å². The van der Waals surface area contributed by atoms with E-state index in [1.165, 1.54) is 0 Å². The van der Waals surface area contributed by atoms with Gasteiger partial charge in [-0.05, 0) is 12.0 Å². The number of fused-ring (bicyclic) bond motifs is 2. The Balaban J connectivity index is 1.73. The summed E-state index contributed by atoms with van der Waals surface area (Å²) in [4.78, 5) is 22.7. The van der Waals surface area contributed by atoms with Gasteiger partial charge in [-0.2, -0.15) is 4.98 Å². The van der Waals surface area contributed by atoms with E-state index in [-0.39, 0.29) is 35.1 Å². The first kappa shape index (κ1) is 15.6. The van der Waals surface area contributed by atoms with E-state index in [1.807, 2.05) is 0 Å². The molecule has 0 aromatic carbocycles. The van der Waals surface area contributed by atoms with Crippen molar-refractivity contribution in [3.8, 4) is 0 Å². The molecule has 0 amide bonds. The number of hydrogen-bond acceptors (Lipinski definition) is 7. The minimum Gasteiger partial charge on any atom is -0.369 e. The maximum atomic E-state index is 12.4. The molecule has 9 nitrogen and oxygen atoms in total. The summed E-state index contributed by atoms with van der Waals surface area (Å²) in [6, 6.07) is -0.161. The van der Waals surface area contributed by atoms with Gasteiger partial charge in [-0.1, -0.05) is 13.5 Å². The molecule has 1 aliphatic heterocycles. The first-order valence-corrected chi connectivity index (χ1v) is 9.47. The molecule has 1 saturated carbocycles. The summed E-state index contributed by atoms with van der Waals surface area (Å²) in [5, 5.41) is 0. The first-order chi connectivity index (χ1) is 11.4. The van der Waals surface area contributed by atoms with Crippen LogP contribution in [0.4, 0.5) is 5.95 Å². The van der Waals surface area contributed by atoms with Crippen LogP contribution >= 0.6 is 7.60 Å². The second kappa shape index (κ2) is 5.27. The van der Waals surface area contributed by atoms with Gasteiger partial charge in [0, 0.05) is 12.1 Å². The number of hydrogen-bond donors (Lipinski definition) is 2. The summed E-state index contributed by atoms with van der Waals surface area (Å²) < 4.78 is 25.3. The van der Waals surface area contributed by atoms with E-state index >= 15 is 0 Å². The lowest BCUT2D eigenvalue weighted by molar-refractivity contribution is 0.0551. The number of nitrogens with one attached hydrogen (secondary N) is 1. The topological polar surface area (TPSA) is 125 Å². The third-order valence-electron chi connectivity index (χ3n) is 4.73. The highest BCUT2D eigenvalue weighted by Gasteiger charge is 2.47. The molecule has 24 heavy (non-hydrogen) atoms. The fourth-order valence-corrected chi connectivity index (χ4v) is 4.84. The van der Waals surface area contributed by atoms with E-state index in [2.05, 4.69) is 21.5 Å². The molecule has 2 aliphatic rings. The predicted octanol–water partition coefficient (Wildman–Crippen LogP) is 1.45. The quantitative estimate of drug-likeness (QED) is 0.619. The Morgan fingerprint density at radius 1 is 1.58 bits per heavy atom. The lowest BCUT2D eigenvalue weighted by Gasteiger charge is -2.31. The van der Waals surface area contributed by atoms with Gasteiger partial charge in [-0.3, -0.25) is 14.3 Å². The minimum absolute atomic E-state index is 0.0327. The fourth-order valence-electron chi connectivity index (χ4n) is 3.41. The number of imidazole rings is 1. The van der Waals surface area contributed by atoms with Crippen molar-refractivity contribution in [1.29, 1.82) is 0 Å². The number of nitrogens with two attached hydrogens (primary N) is 1. The van der Waals surface area contributed by atoms with Crippen molar-refractivity contribution in [3.05, 3.63) is 28.8 Å². The highest BCUT2D eigenvalue weighted by molar-refractivity contribution is 7.53. The van der Waals surface area contributed by atoms with Gasteiger partial charge in [0.2, 0.25) is 5.95 Å². The Morgan fingerprint density at radius 3 is 3.12 bits per heavy atom. The molecule has 0 spiro atoms. The highest BCUT2D eigenvalue weighted by atomic mass is 31.2. The average Bonchev–Trinajstić information content (AvgIpc) is 3.08. The Bertz CT molecular complexity index is 935. The van der Waals surface area contributed by atoms with Gasteiger partial charge in [0.05, 0.1) is 25.1 Å². The van der Waals surface area contributed by atoms with Gasteiger partial charge in [0.25, 0.3) is 5.56 Å². The Kier molecular flexibility index (Phi) is 3.42. The molecule has 0 bridgehead atoms. The molecule has 1 saturated heterocycles. The van der Waals surface area contributed by atoms with E-state index in [0.717, 1.165) is 5.57 Å². The van der Waals surface area contributed by atoms with Crippen LogP contribution in [0, 0.1) is 5.92 Å². The zero-order chi connectivity index (χ0) is 17.1. The molecule has 3 heterocycles. The molecular formula is C14H18N5O4P. The summed E-state index contributed by atoms with van der Waals surface area (Å²) in [7, 11) is -3.01. The Hall–Kier alpha value is -1.96. The van der Waals surface area contributed by atoms with Crippen LogP contribution < -0.4 is 11.3 Å². The second-order valence-electron chi connectivity index (χ2n) is 6.07. The van der Waals surface area contributed by atoms with E-state index < -0.39 is 7.60 Å². The van der Waals surface area contributed by atoms with E-state index in [4.69, 9.17) is 14.8 Å². The average molecular weight is 351 g/mol. The standard InChI is InChI=1S/C14H18N5O4P/c1-3-24(21)22-5-8-7(2)9(4-10(8)23-24)19-6-16-11-12(19)17-14(15)18-13(11)20/h6,8-10H,2-5H2,1H3,(H3,15,17,18,20)/t8-,9+,10+,24?/m1/s1. The minimum atomic E-state index is -3.01. The van der Waals surface area contributed by atoms with Gasteiger partial charge in [0.1, 0.15) is 0 Å². The van der Waals surface area contributed by atoms with Gasteiger partial charge in [-0.15, -0.1) is 0 Å². The zero-order valence-corrected chi connectivity index (χ0v) is 14.0. The van der Waals surface area contributed by atoms with Gasteiger partial charge >= 0.3 is 7.60 Å². The molecule has 2 fully saturated rings. The smallest absolute Gasteiger partial charge is 0.330 e. The van der Waals surface area contributed by atoms with Crippen LogP contribution in [0.3, 0.4) is 0 Å². The zero-order valence-electron chi connectivity index (χ0n) is 13.1. The van der Waals surface area contributed by atoms with Crippen LogP contribution in [0.25, 0.3) is 11.2 Å². The molecule has 2 aromatic rings. The first-order valence-electron chi connectivity index (χ1n) is 7.75. The number of aromatic nitrogens is 4.